The number of hydrogen-bond donors (Lipinski definition) is 2. The van der Waals surface area contributed by atoms with E-state index in [9.17, 15) is 23.9 Å². The molecular formula is C25H22FN5O5. The normalized spacial score (nSPS) is 18.1. The molecule has 0 radical (unpaired) electrons. The Morgan fingerprint density at radius 1 is 1.25 bits per heavy atom. The van der Waals surface area contributed by atoms with Crippen molar-refractivity contribution in [1.82, 2.24) is 18.9 Å². The number of rotatable bonds is 3. The van der Waals surface area contributed by atoms with Gasteiger partial charge in [-0.25, -0.2) is 9.18 Å². The van der Waals surface area contributed by atoms with E-state index in [-0.39, 0.29) is 47.3 Å². The first-order valence-corrected chi connectivity index (χ1v) is 11.5. The maximum absolute atomic E-state index is 14.3. The molecule has 0 spiro atoms. The number of nitrogens with zero attached hydrogens (tertiary/aromatic N) is 4. The van der Waals surface area contributed by atoms with Crippen molar-refractivity contribution in [3.8, 4) is 16.9 Å². The lowest BCUT2D eigenvalue weighted by Crippen LogP contribution is -2.44. The zero-order valence-electron chi connectivity index (χ0n) is 19.8. The smallest absolute Gasteiger partial charge is 0.343 e. The molecule has 184 valence electrons. The van der Waals surface area contributed by atoms with Crippen molar-refractivity contribution in [3.63, 3.8) is 0 Å². The van der Waals surface area contributed by atoms with Gasteiger partial charge >= 0.3 is 5.97 Å². The number of hydrogen-bond acceptors (Lipinski definition) is 7. The third kappa shape index (κ3) is 2.74. The summed E-state index contributed by atoms with van der Waals surface area (Å²) in [5, 5.41) is 18.7. The molecule has 0 bridgehead atoms. The number of nitrogens with one attached hydrogen (secondary N) is 1. The van der Waals surface area contributed by atoms with E-state index in [1.165, 1.54) is 28.8 Å². The van der Waals surface area contributed by atoms with Gasteiger partial charge in [0, 0.05) is 25.0 Å². The zero-order chi connectivity index (χ0) is 25.5. The summed E-state index contributed by atoms with van der Waals surface area (Å²) in [6.07, 6.45) is 1.75. The fraction of sp³-hybridized carbons (Fsp3) is 0.280. The highest BCUT2D eigenvalue weighted by atomic mass is 19.1. The van der Waals surface area contributed by atoms with Gasteiger partial charge < -0.3 is 24.3 Å². The van der Waals surface area contributed by atoms with E-state index < -0.39 is 28.4 Å². The average Bonchev–Trinajstić information content (AvgIpc) is 3.43. The predicted molar refractivity (Wildman–Crippen MR) is 129 cm³/mol. The lowest BCUT2D eigenvalue weighted by molar-refractivity contribution is -0.172. The van der Waals surface area contributed by atoms with Crippen LogP contribution in [0.4, 0.5) is 10.2 Å². The summed E-state index contributed by atoms with van der Waals surface area (Å²) in [5.41, 5.74) is -0.567. The van der Waals surface area contributed by atoms with E-state index >= 15 is 0 Å². The van der Waals surface area contributed by atoms with E-state index in [4.69, 9.17) is 4.74 Å². The monoisotopic (exact) mass is 491 g/mol. The van der Waals surface area contributed by atoms with Crippen molar-refractivity contribution in [1.29, 1.82) is 0 Å². The van der Waals surface area contributed by atoms with Crippen LogP contribution in [-0.2, 0) is 35.3 Å². The topological polar surface area (TPSA) is 120 Å². The van der Waals surface area contributed by atoms with Gasteiger partial charge in [-0.2, -0.15) is 5.10 Å². The van der Waals surface area contributed by atoms with Gasteiger partial charge in [-0.05, 0) is 30.7 Å². The molecule has 0 aliphatic carbocycles. The second kappa shape index (κ2) is 7.37. The Hall–Kier alpha value is -4.25. The van der Waals surface area contributed by atoms with Crippen LogP contribution in [0.1, 0.15) is 30.2 Å². The highest BCUT2D eigenvalue weighted by molar-refractivity contribution is 5.89. The van der Waals surface area contributed by atoms with Gasteiger partial charge in [-0.3, -0.25) is 14.3 Å². The number of carbonyl (C=O) groups excluding carboxylic acids is 1. The number of pyridine rings is 2. The van der Waals surface area contributed by atoms with Gasteiger partial charge in [0.25, 0.3) is 5.56 Å². The van der Waals surface area contributed by atoms with Crippen LogP contribution in [0.2, 0.25) is 0 Å². The second-order valence-electron chi connectivity index (χ2n) is 9.04. The summed E-state index contributed by atoms with van der Waals surface area (Å²) in [4.78, 5) is 39.8. The highest BCUT2D eigenvalue weighted by Gasteiger charge is 2.45. The molecule has 2 aliphatic heterocycles. The number of carbonyl (C=O) groups is 1. The van der Waals surface area contributed by atoms with E-state index in [1.807, 2.05) is 0 Å². The molecule has 0 saturated carbocycles. The van der Waals surface area contributed by atoms with E-state index in [0.717, 1.165) is 0 Å². The van der Waals surface area contributed by atoms with Gasteiger partial charge in [0.15, 0.2) is 16.8 Å². The lowest BCUT2D eigenvalue weighted by atomic mass is 9.86. The van der Waals surface area contributed by atoms with Gasteiger partial charge in [0.2, 0.25) is 0 Å². The number of halogens is 1. The van der Waals surface area contributed by atoms with Crippen molar-refractivity contribution in [2.24, 2.45) is 7.05 Å². The fourth-order valence-electron chi connectivity index (χ4n) is 5.33. The van der Waals surface area contributed by atoms with Gasteiger partial charge in [0.05, 0.1) is 40.8 Å². The van der Waals surface area contributed by atoms with Crippen LogP contribution in [0.15, 0.2) is 40.1 Å². The van der Waals surface area contributed by atoms with Gasteiger partial charge in [0.1, 0.15) is 18.1 Å². The van der Waals surface area contributed by atoms with E-state index in [2.05, 4.69) is 10.4 Å². The number of esters is 1. The second-order valence-corrected chi connectivity index (χ2v) is 9.04. The Morgan fingerprint density at radius 2 is 2.03 bits per heavy atom. The summed E-state index contributed by atoms with van der Waals surface area (Å²) in [5.74, 6) is -0.891. The molecule has 0 amide bonds. The quantitative estimate of drug-likeness (QED) is 0.369. The lowest BCUT2D eigenvalue weighted by Gasteiger charge is -2.31. The molecule has 0 unspecified atom stereocenters. The van der Waals surface area contributed by atoms with Crippen molar-refractivity contribution < 1.29 is 19.0 Å². The molecular weight excluding hydrogens is 469 g/mol. The molecule has 0 saturated heterocycles. The molecule has 6 rings (SSSR count). The minimum absolute atomic E-state index is 0.0110. The fourth-order valence-corrected chi connectivity index (χ4v) is 5.33. The van der Waals surface area contributed by atoms with Crippen LogP contribution in [-0.4, -0.2) is 37.0 Å². The summed E-state index contributed by atoms with van der Waals surface area (Å²) in [6.45, 7) is 1.39. The molecule has 4 aromatic rings. The third-order valence-electron chi connectivity index (χ3n) is 7.12. The number of benzene rings is 1. The summed E-state index contributed by atoms with van der Waals surface area (Å²) < 4.78 is 24.3. The molecule has 10 nitrogen and oxygen atoms in total. The molecule has 3 aromatic heterocycles. The molecule has 11 heteroatoms. The van der Waals surface area contributed by atoms with Crippen LogP contribution in [0.5, 0.6) is 0 Å². The Balaban J connectivity index is 1.76. The Morgan fingerprint density at radius 3 is 2.75 bits per heavy atom. The van der Waals surface area contributed by atoms with Crippen LogP contribution >= 0.6 is 0 Å². The number of aryl methyl sites for hydroxylation is 1. The first-order chi connectivity index (χ1) is 17.2. The average molecular weight is 491 g/mol. The molecule has 1 aromatic carbocycles. The number of ether oxygens (including phenoxy) is 1. The highest BCUT2D eigenvalue weighted by Crippen LogP contribution is 2.39. The number of cyclic esters (lactones) is 1. The van der Waals surface area contributed by atoms with E-state index in [1.54, 1.807) is 36.5 Å². The first kappa shape index (κ1) is 22.2. The maximum atomic E-state index is 14.3. The minimum Gasteiger partial charge on any atom is -0.458 e. The largest absolute Gasteiger partial charge is 0.458 e. The molecule has 2 N–H and O–H groups in total. The summed E-state index contributed by atoms with van der Waals surface area (Å²) >= 11 is 0. The van der Waals surface area contributed by atoms with Gasteiger partial charge in [-0.15, -0.1) is 0 Å². The van der Waals surface area contributed by atoms with Crippen molar-refractivity contribution in [3.05, 3.63) is 73.7 Å². The van der Waals surface area contributed by atoms with Crippen LogP contribution in [0.25, 0.3) is 27.8 Å². The number of aliphatic hydroxyl groups is 1. The third-order valence-corrected chi connectivity index (χ3v) is 7.12. The molecule has 36 heavy (non-hydrogen) atoms. The van der Waals surface area contributed by atoms with Crippen LogP contribution in [0.3, 0.4) is 0 Å². The number of fused-ring (bicyclic) bond motifs is 5. The van der Waals surface area contributed by atoms with Crippen LogP contribution in [0, 0.1) is 5.82 Å². The zero-order valence-corrected chi connectivity index (χ0v) is 19.8. The molecule has 1 atom stereocenters. The van der Waals surface area contributed by atoms with Crippen molar-refractivity contribution in [2.75, 3.05) is 12.4 Å². The summed E-state index contributed by atoms with van der Waals surface area (Å²) in [7, 11) is 3.47. The van der Waals surface area contributed by atoms with E-state index in [0.29, 0.717) is 22.7 Å². The SMILES string of the molecule is CC[C@@]1(O)C(=O)OCc2c1cc1n(c2=O)Cc2c-1c(=O)c1cc(F)ccc1n2-c1cn(C)nc1NC. The molecule has 0 fully saturated rings. The van der Waals surface area contributed by atoms with Crippen molar-refractivity contribution >= 4 is 22.7 Å². The maximum Gasteiger partial charge on any atom is 0.343 e. The first-order valence-electron chi connectivity index (χ1n) is 11.5. The standard InChI is InChI=1S/C25H22FN5O5/c1-4-25(35)15-8-17-20-18(10-30(17)23(33)14(15)11-36-24(25)34)31(19-9-29(3)28-22(19)27-2)16-6-5-12(26)7-13(16)21(20)32/h5-9,35H,4,10-11H2,1-3H3,(H,27,28)/t25-/m0/s1. The predicted octanol–water partition coefficient (Wildman–Crippen LogP) is 1.75. The summed E-state index contributed by atoms with van der Waals surface area (Å²) in [6, 6.07) is 5.49. The van der Waals surface area contributed by atoms with Gasteiger partial charge in [-0.1, -0.05) is 6.92 Å². The molecule has 2 aliphatic rings. The Kier molecular flexibility index (Phi) is 4.55. The molecule has 5 heterocycles. The number of aromatic nitrogens is 4. The van der Waals surface area contributed by atoms with Crippen LogP contribution < -0.4 is 16.3 Å². The Labute approximate surface area is 203 Å². The van der Waals surface area contributed by atoms with Crippen molar-refractivity contribution in [2.45, 2.75) is 32.1 Å². The number of anilines is 1. The minimum atomic E-state index is -2.00. The Bertz CT molecular complexity index is 1750.